The van der Waals surface area contributed by atoms with Crippen LogP contribution in [0, 0.1) is 6.92 Å². The van der Waals surface area contributed by atoms with E-state index >= 15 is 0 Å². The Bertz CT molecular complexity index is 1230. The van der Waals surface area contributed by atoms with E-state index < -0.39 is 0 Å². The number of hydrazone groups is 1. The third-order valence-electron chi connectivity index (χ3n) is 4.63. The molecule has 0 unspecified atom stereocenters. The van der Waals surface area contributed by atoms with E-state index in [-0.39, 0.29) is 12.5 Å². The first-order chi connectivity index (χ1) is 15.6. The molecule has 3 aromatic carbocycles. The number of aryl methyl sites for hydroxylation is 1. The van der Waals surface area contributed by atoms with Gasteiger partial charge < -0.3 is 4.74 Å². The number of nitrogens with zero attached hydrogens (tertiary/aromatic N) is 3. The van der Waals surface area contributed by atoms with Gasteiger partial charge in [-0.2, -0.15) is 10.2 Å². The molecule has 6 nitrogen and oxygen atoms in total. The topological polar surface area (TPSA) is 68.5 Å². The molecular formula is C25H21ClN4O2. The lowest BCUT2D eigenvalue weighted by atomic mass is 10.1. The molecule has 0 fully saturated rings. The van der Waals surface area contributed by atoms with Gasteiger partial charge in [-0.3, -0.25) is 4.79 Å². The summed E-state index contributed by atoms with van der Waals surface area (Å²) in [5, 5.41) is 9.46. The maximum Gasteiger partial charge on any atom is 0.277 e. The summed E-state index contributed by atoms with van der Waals surface area (Å²) in [6.07, 6.45) is 3.47. The van der Waals surface area contributed by atoms with Gasteiger partial charge in [-0.25, -0.2) is 10.1 Å². The first-order valence-corrected chi connectivity index (χ1v) is 10.4. The Morgan fingerprint density at radius 1 is 1.09 bits per heavy atom. The second-order valence-electron chi connectivity index (χ2n) is 7.12. The highest BCUT2D eigenvalue weighted by atomic mass is 35.5. The van der Waals surface area contributed by atoms with Gasteiger partial charge in [-0.15, -0.1) is 0 Å². The van der Waals surface area contributed by atoms with Crippen molar-refractivity contribution in [2.45, 2.75) is 6.92 Å². The predicted molar refractivity (Wildman–Crippen MR) is 126 cm³/mol. The fourth-order valence-corrected chi connectivity index (χ4v) is 3.22. The van der Waals surface area contributed by atoms with Crippen molar-refractivity contribution in [1.82, 2.24) is 15.2 Å². The monoisotopic (exact) mass is 444 g/mol. The van der Waals surface area contributed by atoms with Crippen molar-refractivity contribution in [2.24, 2.45) is 5.10 Å². The van der Waals surface area contributed by atoms with Crippen LogP contribution < -0.4 is 10.2 Å². The third-order valence-corrected chi connectivity index (χ3v) is 4.88. The summed E-state index contributed by atoms with van der Waals surface area (Å²) in [4.78, 5) is 12.1. The molecule has 0 aliphatic heterocycles. The number of aromatic nitrogens is 2. The molecular weight excluding hydrogens is 424 g/mol. The maximum atomic E-state index is 12.1. The van der Waals surface area contributed by atoms with E-state index in [9.17, 15) is 4.79 Å². The summed E-state index contributed by atoms with van der Waals surface area (Å²) in [6.45, 7) is 1.87. The molecule has 7 heteroatoms. The number of carbonyl (C=O) groups excluding carboxylic acids is 1. The number of halogens is 1. The summed E-state index contributed by atoms with van der Waals surface area (Å²) in [6, 6.07) is 24.7. The van der Waals surface area contributed by atoms with Crippen LogP contribution in [-0.2, 0) is 4.79 Å². The highest BCUT2D eigenvalue weighted by Crippen LogP contribution is 2.23. The number of para-hydroxylation sites is 1. The Morgan fingerprint density at radius 2 is 1.88 bits per heavy atom. The Balaban J connectivity index is 1.50. The van der Waals surface area contributed by atoms with Gasteiger partial charge in [0, 0.05) is 22.3 Å². The Hall–Kier alpha value is -3.90. The molecule has 0 saturated carbocycles. The zero-order valence-electron chi connectivity index (χ0n) is 17.4. The van der Waals surface area contributed by atoms with E-state index in [4.69, 9.17) is 21.4 Å². The molecule has 0 atom stereocenters. The molecule has 160 valence electrons. The lowest BCUT2D eigenvalue weighted by Crippen LogP contribution is -2.24. The van der Waals surface area contributed by atoms with Crippen LogP contribution in [0.1, 0.15) is 11.1 Å². The van der Waals surface area contributed by atoms with Crippen molar-refractivity contribution < 1.29 is 9.53 Å². The fraction of sp³-hybridized carbons (Fsp3) is 0.0800. The van der Waals surface area contributed by atoms with E-state index in [2.05, 4.69) is 16.6 Å². The lowest BCUT2D eigenvalue weighted by Gasteiger charge is -2.04. The van der Waals surface area contributed by atoms with Gasteiger partial charge >= 0.3 is 0 Å². The zero-order chi connectivity index (χ0) is 22.3. The number of hydrogen-bond acceptors (Lipinski definition) is 4. The number of benzene rings is 3. The van der Waals surface area contributed by atoms with Gasteiger partial charge in [0.25, 0.3) is 5.91 Å². The van der Waals surface area contributed by atoms with Crippen LogP contribution >= 0.6 is 11.6 Å². The molecule has 1 aromatic heterocycles. The van der Waals surface area contributed by atoms with Crippen molar-refractivity contribution in [1.29, 1.82) is 0 Å². The molecule has 4 rings (SSSR count). The Kier molecular flexibility index (Phi) is 6.63. The van der Waals surface area contributed by atoms with E-state index in [0.717, 1.165) is 28.1 Å². The highest BCUT2D eigenvalue weighted by molar-refractivity contribution is 6.30. The summed E-state index contributed by atoms with van der Waals surface area (Å²) >= 11 is 5.85. The van der Waals surface area contributed by atoms with Gasteiger partial charge in [0.05, 0.1) is 11.9 Å². The van der Waals surface area contributed by atoms with Crippen molar-refractivity contribution in [3.63, 3.8) is 0 Å². The average molecular weight is 445 g/mol. The summed E-state index contributed by atoms with van der Waals surface area (Å²) in [5.74, 6) is 0.183. The number of carbonyl (C=O) groups is 1. The van der Waals surface area contributed by atoms with Crippen LogP contribution in [0.15, 0.2) is 90.2 Å². The first-order valence-electron chi connectivity index (χ1n) is 10.0. The van der Waals surface area contributed by atoms with Crippen LogP contribution in [0.4, 0.5) is 0 Å². The summed E-state index contributed by atoms with van der Waals surface area (Å²) < 4.78 is 7.23. The van der Waals surface area contributed by atoms with E-state index in [1.165, 1.54) is 0 Å². The highest BCUT2D eigenvalue weighted by Gasteiger charge is 2.11. The molecule has 0 bridgehead atoms. The average Bonchev–Trinajstić information content (AvgIpc) is 3.23. The Labute approximate surface area is 191 Å². The number of nitrogens with one attached hydrogen (secondary N) is 1. The smallest absolute Gasteiger partial charge is 0.277 e. The number of hydrogen-bond donors (Lipinski definition) is 1. The summed E-state index contributed by atoms with van der Waals surface area (Å²) in [7, 11) is 0. The molecule has 32 heavy (non-hydrogen) atoms. The molecule has 1 N–H and O–H groups in total. The zero-order valence-corrected chi connectivity index (χ0v) is 18.2. The molecule has 1 amide bonds. The van der Waals surface area contributed by atoms with Crippen LogP contribution in [0.5, 0.6) is 5.75 Å². The molecule has 0 aliphatic carbocycles. The standard InChI is InChI=1S/C25H21ClN4O2/c1-18-6-5-7-19(14-18)25-20(16-30(29-25)22-8-3-2-4-9-22)15-27-28-24(31)17-32-23-12-10-21(26)11-13-23/h2-16H,17H2,1H3,(H,28,31)/b27-15+. The van der Waals surface area contributed by atoms with E-state index in [0.29, 0.717) is 10.8 Å². The molecule has 0 saturated heterocycles. The quantitative estimate of drug-likeness (QED) is 0.321. The van der Waals surface area contributed by atoms with Crippen LogP contribution in [-0.4, -0.2) is 28.5 Å². The minimum Gasteiger partial charge on any atom is -0.484 e. The summed E-state index contributed by atoms with van der Waals surface area (Å²) in [5.41, 5.74) is 7.08. The van der Waals surface area contributed by atoms with Gasteiger partial charge in [0.15, 0.2) is 6.61 Å². The molecule has 4 aromatic rings. The minimum absolute atomic E-state index is 0.160. The van der Waals surface area contributed by atoms with Crippen LogP contribution in [0.3, 0.4) is 0 Å². The van der Waals surface area contributed by atoms with Crippen LogP contribution in [0.25, 0.3) is 16.9 Å². The second-order valence-corrected chi connectivity index (χ2v) is 7.55. The molecule has 0 spiro atoms. The number of rotatable bonds is 7. The van der Waals surface area contributed by atoms with Gasteiger partial charge in [-0.05, 0) is 49.4 Å². The van der Waals surface area contributed by atoms with Gasteiger partial charge in [0.2, 0.25) is 0 Å². The van der Waals surface area contributed by atoms with Crippen molar-refractivity contribution in [3.05, 3.63) is 101 Å². The van der Waals surface area contributed by atoms with Gasteiger partial charge in [0.1, 0.15) is 11.4 Å². The third kappa shape index (κ3) is 5.42. The molecule has 0 aliphatic rings. The van der Waals surface area contributed by atoms with E-state index in [1.807, 2.05) is 61.7 Å². The minimum atomic E-state index is -0.372. The largest absolute Gasteiger partial charge is 0.484 e. The fourth-order valence-electron chi connectivity index (χ4n) is 3.10. The van der Waals surface area contributed by atoms with Crippen molar-refractivity contribution in [2.75, 3.05) is 6.61 Å². The number of ether oxygens (including phenoxy) is 1. The normalized spacial score (nSPS) is 10.9. The van der Waals surface area contributed by atoms with Crippen molar-refractivity contribution in [3.8, 4) is 22.7 Å². The first kappa shape index (κ1) is 21.3. The molecule has 1 heterocycles. The molecule has 0 radical (unpaired) electrons. The second kappa shape index (κ2) is 9.94. The van der Waals surface area contributed by atoms with Crippen molar-refractivity contribution >= 4 is 23.7 Å². The van der Waals surface area contributed by atoms with Crippen LogP contribution in [0.2, 0.25) is 5.02 Å². The maximum absolute atomic E-state index is 12.1. The lowest BCUT2D eigenvalue weighted by molar-refractivity contribution is -0.123. The number of amides is 1. The van der Waals surface area contributed by atoms with E-state index in [1.54, 1.807) is 35.2 Å². The van der Waals surface area contributed by atoms with Gasteiger partial charge in [-0.1, -0.05) is 53.6 Å². The Morgan fingerprint density at radius 3 is 2.62 bits per heavy atom. The predicted octanol–water partition coefficient (Wildman–Crippen LogP) is 5.03. The SMILES string of the molecule is Cc1cccc(-c2nn(-c3ccccc3)cc2/C=N/NC(=O)COc2ccc(Cl)cc2)c1.